The third-order valence-electron chi connectivity index (χ3n) is 4.68. The molecule has 1 N–H and O–H groups in total. The average Bonchev–Trinajstić information content (AvgIpc) is 3.24. The van der Waals surface area contributed by atoms with Gasteiger partial charge in [-0.15, -0.1) is 9.82 Å². The van der Waals surface area contributed by atoms with Gasteiger partial charge in [0, 0.05) is 22.6 Å². The molecular weight excluding hydrogens is 398 g/mol. The third kappa shape index (κ3) is 3.87. The predicted octanol–water partition coefficient (Wildman–Crippen LogP) is 3.31. The zero-order valence-electron chi connectivity index (χ0n) is 15.8. The Bertz CT molecular complexity index is 860. The Morgan fingerprint density at radius 3 is 2.39 bits per heavy atom. The van der Waals surface area contributed by atoms with Crippen LogP contribution in [0.2, 0.25) is 0 Å². The first-order valence-corrected chi connectivity index (χ1v) is 9.81. The van der Waals surface area contributed by atoms with E-state index < -0.39 is 39.8 Å². The molecule has 0 amide bonds. The van der Waals surface area contributed by atoms with E-state index in [4.69, 9.17) is 0 Å². The van der Waals surface area contributed by atoms with E-state index in [0.29, 0.717) is 11.3 Å². The first kappa shape index (κ1) is 21.0. The van der Waals surface area contributed by atoms with Crippen molar-refractivity contribution in [3.05, 3.63) is 41.2 Å². The number of nitrogens with one attached hydrogen (secondary N) is 1. The highest BCUT2D eigenvalue weighted by atomic mass is 32.2. The van der Waals surface area contributed by atoms with Crippen LogP contribution >= 0.6 is 0 Å². The molecule has 28 heavy (non-hydrogen) atoms. The van der Waals surface area contributed by atoms with Crippen LogP contribution in [0.5, 0.6) is 0 Å². The van der Waals surface area contributed by atoms with Gasteiger partial charge in [0.1, 0.15) is 16.5 Å². The lowest BCUT2D eigenvalue weighted by Gasteiger charge is -2.27. The molecule has 0 saturated heterocycles. The maximum absolute atomic E-state index is 13.4. The molecule has 0 radical (unpaired) electrons. The minimum atomic E-state index is -4.44. The molecule has 1 aliphatic rings. The number of nitrogens with zero attached hydrogens (tertiary/aromatic N) is 4. The summed E-state index contributed by atoms with van der Waals surface area (Å²) in [6.45, 7) is 6.82. The van der Waals surface area contributed by atoms with Gasteiger partial charge in [0.2, 0.25) is 5.95 Å². The summed E-state index contributed by atoms with van der Waals surface area (Å²) in [4.78, 5) is 3.76. The summed E-state index contributed by atoms with van der Waals surface area (Å²) in [6.07, 6.45) is -3.37. The molecular formula is C17H21F4N5OS. The van der Waals surface area contributed by atoms with E-state index in [-0.39, 0.29) is 18.5 Å². The number of aryl methyl sites for hydroxylation is 1. The van der Waals surface area contributed by atoms with Crippen LogP contribution in [0.15, 0.2) is 18.3 Å². The van der Waals surface area contributed by atoms with Crippen molar-refractivity contribution >= 4 is 11.4 Å². The van der Waals surface area contributed by atoms with Gasteiger partial charge >= 0.3 is 6.18 Å². The number of hydrogen-bond donors (Lipinski definition) is 1. The molecule has 1 saturated carbocycles. The van der Waals surface area contributed by atoms with Gasteiger partial charge in [-0.2, -0.15) is 17.6 Å². The second-order valence-corrected chi connectivity index (χ2v) is 9.86. The highest BCUT2D eigenvalue weighted by molar-refractivity contribution is 7.90. The predicted molar refractivity (Wildman–Crippen MR) is 95.1 cm³/mol. The Hall–Kier alpha value is -1.72. The summed E-state index contributed by atoms with van der Waals surface area (Å²) in [7, 11) is 0. The van der Waals surface area contributed by atoms with E-state index in [9.17, 15) is 22.1 Å². The van der Waals surface area contributed by atoms with Crippen LogP contribution in [0.25, 0.3) is 0 Å². The average molecular weight is 419 g/mol. The summed E-state index contributed by atoms with van der Waals surface area (Å²) >= 11 is -1.57. The Morgan fingerprint density at radius 1 is 1.25 bits per heavy atom. The summed E-state index contributed by atoms with van der Waals surface area (Å²) in [5.74, 6) is -0.686. The Labute approximate surface area is 163 Å². The number of rotatable bonds is 5. The molecule has 2 atom stereocenters. The summed E-state index contributed by atoms with van der Waals surface area (Å²) in [5, 5.41) is 7.60. The van der Waals surface area contributed by atoms with Gasteiger partial charge in [-0.25, -0.2) is 9.67 Å². The van der Waals surface area contributed by atoms with E-state index in [1.807, 2.05) is 0 Å². The molecule has 0 spiro atoms. The highest BCUT2D eigenvalue weighted by Gasteiger charge is 2.66. The standard InChI is InChI=1S/C17H21F4N5OS/c1-10-11(5-6-13(18)22-10)14(24-28(27)15(2,3)4)12-9-26(25-23-12)16(7-8-16)17(19,20)21/h5-6,9,14,24H,7-8H2,1-4H3. The van der Waals surface area contributed by atoms with E-state index in [1.165, 1.54) is 12.3 Å². The highest BCUT2D eigenvalue weighted by Crippen LogP contribution is 2.55. The van der Waals surface area contributed by atoms with Crippen molar-refractivity contribution in [3.8, 4) is 0 Å². The number of pyridine rings is 1. The van der Waals surface area contributed by atoms with Crippen LogP contribution in [0.4, 0.5) is 17.6 Å². The van der Waals surface area contributed by atoms with Gasteiger partial charge in [0.15, 0.2) is 5.54 Å². The second kappa shape index (κ2) is 6.96. The molecule has 2 heterocycles. The molecule has 1 aliphatic carbocycles. The molecule has 2 aromatic rings. The van der Waals surface area contributed by atoms with Crippen molar-refractivity contribution in [2.45, 2.75) is 63.0 Å². The molecule has 0 bridgehead atoms. The Balaban J connectivity index is 2.00. The van der Waals surface area contributed by atoms with Gasteiger partial charge in [-0.05, 0) is 46.6 Å². The van der Waals surface area contributed by atoms with Crippen molar-refractivity contribution in [1.82, 2.24) is 24.7 Å². The topological polar surface area (TPSA) is 78.7 Å². The van der Waals surface area contributed by atoms with Crippen molar-refractivity contribution in [2.75, 3.05) is 0 Å². The lowest BCUT2D eigenvalue weighted by atomic mass is 10.0. The fourth-order valence-electron chi connectivity index (χ4n) is 2.79. The fourth-order valence-corrected chi connectivity index (χ4v) is 3.61. The van der Waals surface area contributed by atoms with Gasteiger partial charge in [0.05, 0.1) is 6.20 Å². The molecule has 0 aromatic carbocycles. The number of aromatic nitrogens is 4. The summed E-state index contributed by atoms with van der Waals surface area (Å²) < 4.78 is 69.3. The Morgan fingerprint density at radius 2 is 1.89 bits per heavy atom. The maximum Gasteiger partial charge on any atom is 0.413 e. The molecule has 1 fully saturated rings. The fraction of sp³-hybridized carbons (Fsp3) is 0.588. The second-order valence-electron chi connectivity index (χ2n) is 7.86. The molecule has 0 aliphatic heterocycles. The molecule has 2 unspecified atom stereocenters. The largest absolute Gasteiger partial charge is 0.598 e. The third-order valence-corrected chi connectivity index (χ3v) is 6.24. The van der Waals surface area contributed by atoms with Crippen molar-refractivity contribution in [1.29, 1.82) is 0 Å². The smallest absolute Gasteiger partial charge is 0.413 e. The minimum absolute atomic E-state index is 0.0670. The van der Waals surface area contributed by atoms with Crippen LogP contribution in [0, 0.1) is 12.9 Å². The SMILES string of the molecule is Cc1nc(F)ccc1C(N[S+]([O-])C(C)(C)C)c1cn(C2(C(F)(F)F)CC2)nn1. The van der Waals surface area contributed by atoms with Gasteiger partial charge in [-0.3, -0.25) is 0 Å². The maximum atomic E-state index is 13.4. The van der Waals surface area contributed by atoms with Crippen LogP contribution in [-0.2, 0) is 16.9 Å². The van der Waals surface area contributed by atoms with Crippen LogP contribution in [-0.4, -0.2) is 35.5 Å². The number of halogens is 4. The lowest BCUT2D eigenvalue weighted by Crippen LogP contribution is -2.42. The van der Waals surface area contributed by atoms with Crippen LogP contribution in [0.1, 0.15) is 56.6 Å². The van der Waals surface area contributed by atoms with Gasteiger partial charge < -0.3 is 4.55 Å². The van der Waals surface area contributed by atoms with Crippen molar-refractivity contribution in [2.24, 2.45) is 0 Å². The quantitative estimate of drug-likeness (QED) is 0.457. The Kier molecular flexibility index (Phi) is 5.22. The first-order chi connectivity index (χ1) is 12.8. The van der Waals surface area contributed by atoms with Crippen LogP contribution < -0.4 is 4.72 Å². The van der Waals surface area contributed by atoms with Gasteiger partial charge in [-0.1, -0.05) is 11.3 Å². The molecule has 11 heteroatoms. The molecule has 154 valence electrons. The number of hydrogen-bond acceptors (Lipinski definition) is 5. The monoisotopic (exact) mass is 419 g/mol. The van der Waals surface area contributed by atoms with E-state index in [0.717, 1.165) is 10.7 Å². The molecule has 2 aromatic heterocycles. The zero-order valence-corrected chi connectivity index (χ0v) is 16.7. The van der Waals surface area contributed by atoms with E-state index in [1.54, 1.807) is 27.7 Å². The van der Waals surface area contributed by atoms with Gasteiger partial charge in [0.25, 0.3) is 0 Å². The molecule has 3 rings (SSSR count). The molecule has 6 nitrogen and oxygen atoms in total. The summed E-state index contributed by atoms with van der Waals surface area (Å²) in [6, 6.07) is 1.73. The number of alkyl halides is 3. The zero-order chi connectivity index (χ0) is 20.9. The minimum Gasteiger partial charge on any atom is -0.598 e. The van der Waals surface area contributed by atoms with Crippen LogP contribution in [0.3, 0.4) is 0 Å². The van der Waals surface area contributed by atoms with E-state index >= 15 is 0 Å². The van der Waals surface area contributed by atoms with Crippen molar-refractivity contribution < 1.29 is 22.1 Å². The lowest BCUT2D eigenvalue weighted by molar-refractivity contribution is -0.182. The first-order valence-electron chi connectivity index (χ1n) is 8.66. The van der Waals surface area contributed by atoms with E-state index in [2.05, 4.69) is 20.0 Å². The normalized spacial score (nSPS) is 18.8. The summed E-state index contributed by atoms with van der Waals surface area (Å²) in [5.41, 5.74) is -1.11. The van der Waals surface area contributed by atoms with Crippen molar-refractivity contribution in [3.63, 3.8) is 0 Å².